The lowest BCUT2D eigenvalue weighted by Crippen LogP contribution is -2.15. The number of hydrogen-bond acceptors (Lipinski definition) is 5. The molecule has 0 fully saturated rings. The molecule has 0 saturated carbocycles. The maximum atomic E-state index is 12.6. The number of hydrogen-bond donors (Lipinski definition) is 2. The number of nitrogens with one attached hydrogen (secondary N) is 1. The Labute approximate surface area is 166 Å². The molecule has 1 aromatic heterocycles. The van der Waals surface area contributed by atoms with Crippen molar-refractivity contribution < 1.29 is 9.59 Å². The fourth-order valence-electron chi connectivity index (χ4n) is 2.59. The molecule has 0 spiro atoms. The van der Waals surface area contributed by atoms with Gasteiger partial charge in [-0.3, -0.25) is 9.59 Å². The van der Waals surface area contributed by atoms with Gasteiger partial charge in [-0.1, -0.05) is 35.9 Å². The molecule has 27 heavy (non-hydrogen) atoms. The summed E-state index contributed by atoms with van der Waals surface area (Å²) in [5.74, 6) is -0.534. The molecular formula is C20H19N3O2S2. The molecule has 0 unspecified atom stereocenters. The van der Waals surface area contributed by atoms with Crippen molar-refractivity contribution in [2.45, 2.75) is 18.7 Å². The SMILES string of the molecule is Cc1ccc(-c2nc(C(=O)Nc3ccccc3SCC(N)=O)cs2)c(C)c1. The topological polar surface area (TPSA) is 85.1 Å². The predicted molar refractivity (Wildman–Crippen MR) is 111 cm³/mol. The van der Waals surface area contributed by atoms with Gasteiger partial charge in [-0.05, 0) is 31.5 Å². The summed E-state index contributed by atoms with van der Waals surface area (Å²) in [5, 5.41) is 5.44. The van der Waals surface area contributed by atoms with Crippen molar-refractivity contribution in [2.24, 2.45) is 5.73 Å². The molecule has 0 aliphatic carbocycles. The number of thioether (sulfide) groups is 1. The number of primary amides is 1. The first-order chi connectivity index (χ1) is 12.9. The smallest absolute Gasteiger partial charge is 0.275 e. The minimum Gasteiger partial charge on any atom is -0.369 e. The number of amides is 2. The molecule has 138 valence electrons. The second-order valence-electron chi connectivity index (χ2n) is 6.06. The van der Waals surface area contributed by atoms with Crippen molar-refractivity contribution in [1.29, 1.82) is 0 Å². The van der Waals surface area contributed by atoms with E-state index in [9.17, 15) is 9.59 Å². The summed E-state index contributed by atoms with van der Waals surface area (Å²) in [6, 6.07) is 13.5. The minimum atomic E-state index is -0.404. The number of thiazole rings is 1. The van der Waals surface area contributed by atoms with Crippen LogP contribution in [-0.2, 0) is 4.79 Å². The molecule has 0 radical (unpaired) electrons. The van der Waals surface area contributed by atoms with Crippen LogP contribution in [0.1, 0.15) is 21.6 Å². The molecule has 3 rings (SSSR count). The van der Waals surface area contributed by atoms with Crippen molar-refractivity contribution in [3.63, 3.8) is 0 Å². The average Bonchev–Trinajstić information content (AvgIpc) is 3.11. The van der Waals surface area contributed by atoms with E-state index in [1.165, 1.54) is 28.7 Å². The van der Waals surface area contributed by atoms with Gasteiger partial charge in [-0.25, -0.2) is 4.98 Å². The molecule has 0 aliphatic heterocycles. The van der Waals surface area contributed by atoms with Crippen LogP contribution in [0.2, 0.25) is 0 Å². The van der Waals surface area contributed by atoms with Gasteiger partial charge in [-0.2, -0.15) is 0 Å². The molecule has 0 atom stereocenters. The first-order valence-electron chi connectivity index (χ1n) is 8.28. The maximum Gasteiger partial charge on any atom is 0.275 e. The zero-order valence-corrected chi connectivity index (χ0v) is 16.6. The van der Waals surface area contributed by atoms with Gasteiger partial charge in [0.05, 0.1) is 11.4 Å². The quantitative estimate of drug-likeness (QED) is 0.609. The lowest BCUT2D eigenvalue weighted by atomic mass is 10.1. The first-order valence-corrected chi connectivity index (χ1v) is 10.1. The summed E-state index contributed by atoms with van der Waals surface area (Å²) < 4.78 is 0. The molecule has 0 saturated heterocycles. The highest BCUT2D eigenvalue weighted by Crippen LogP contribution is 2.29. The number of nitrogens with two attached hydrogens (primary N) is 1. The third kappa shape index (κ3) is 4.75. The number of anilines is 1. The fourth-order valence-corrected chi connectivity index (χ4v) is 4.22. The summed E-state index contributed by atoms with van der Waals surface area (Å²) in [7, 11) is 0. The standard InChI is InChI=1S/C20H19N3O2S2/c1-12-7-8-14(13(2)9-12)20-23-16(10-27-20)19(25)22-15-5-3-4-6-17(15)26-11-18(21)24/h3-10H,11H2,1-2H3,(H2,21,24)(H,22,25). The fraction of sp³-hybridized carbons (Fsp3) is 0.150. The van der Waals surface area contributed by atoms with Crippen LogP contribution in [0.5, 0.6) is 0 Å². The Bertz CT molecular complexity index is 998. The van der Waals surface area contributed by atoms with Crippen LogP contribution < -0.4 is 11.1 Å². The van der Waals surface area contributed by atoms with Crippen LogP contribution in [0.25, 0.3) is 10.6 Å². The summed E-state index contributed by atoms with van der Waals surface area (Å²) in [6.07, 6.45) is 0. The molecule has 1 heterocycles. The summed E-state index contributed by atoms with van der Waals surface area (Å²) in [4.78, 5) is 28.9. The largest absolute Gasteiger partial charge is 0.369 e. The van der Waals surface area contributed by atoms with E-state index >= 15 is 0 Å². The van der Waals surface area contributed by atoms with Crippen molar-refractivity contribution in [3.05, 3.63) is 64.7 Å². The third-order valence-electron chi connectivity index (χ3n) is 3.85. The zero-order valence-electron chi connectivity index (χ0n) is 15.0. The van der Waals surface area contributed by atoms with Gasteiger partial charge in [0, 0.05) is 15.8 Å². The van der Waals surface area contributed by atoms with Gasteiger partial charge in [-0.15, -0.1) is 23.1 Å². The van der Waals surface area contributed by atoms with E-state index < -0.39 is 5.91 Å². The second-order valence-corrected chi connectivity index (χ2v) is 7.94. The van der Waals surface area contributed by atoms with Gasteiger partial charge in [0.25, 0.3) is 5.91 Å². The van der Waals surface area contributed by atoms with Crippen LogP contribution in [0.15, 0.2) is 52.7 Å². The van der Waals surface area contributed by atoms with E-state index in [2.05, 4.69) is 16.4 Å². The highest BCUT2D eigenvalue weighted by Gasteiger charge is 2.15. The number of carbonyl (C=O) groups excluding carboxylic acids is 2. The molecular weight excluding hydrogens is 378 g/mol. The van der Waals surface area contributed by atoms with Gasteiger partial charge in [0.2, 0.25) is 5.91 Å². The van der Waals surface area contributed by atoms with Gasteiger partial charge < -0.3 is 11.1 Å². The van der Waals surface area contributed by atoms with Crippen LogP contribution >= 0.6 is 23.1 Å². The monoisotopic (exact) mass is 397 g/mol. The van der Waals surface area contributed by atoms with E-state index in [4.69, 9.17) is 5.73 Å². The molecule has 3 N–H and O–H groups in total. The van der Waals surface area contributed by atoms with Crippen LogP contribution in [-0.4, -0.2) is 22.6 Å². The Morgan fingerprint density at radius 3 is 2.70 bits per heavy atom. The van der Waals surface area contributed by atoms with E-state index in [0.717, 1.165) is 21.0 Å². The van der Waals surface area contributed by atoms with Crippen LogP contribution in [0.4, 0.5) is 5.69 Å². The summed E-state index contributed by atoms with van der Waals surface area (Å²) in [5.41, 5.74) is 9.56. The number of aromatic nitrogens is 1. The Hall–Kier alpha value is -2.64. The maximum absolute atomic E-state index is 12.6. The number of nitrogens with zero attached hydrogens (tertiary/aromatic N) is 1. The lowest BCUT2D eigenvalue weighted by molar-refractivity contribution is -0.115. The highest BCUT2D eigenvalue weighted by atomic mass is 32.2. The Morgan fingerprint density at radius 1 is 1.19 bits per heavy atom. The Balaban J connectivity index is 1.78. The number of para-hydroxylation sites is 1. The second kappa shape index (κ2) is 8.37. The molecule has 7 heteroatoms. The third-order valence-corrected chi connectivity index (χ3v) is 5.83. The van der Waals surface area contributed by atoms with Crippen molar-refractivity contribution in [1.82, 2.24) is 4.98 Å². The molecule has 2 aromatic carbocycles. The van der Waals surface area contributed by atoms with Gasteiger partial charge in [0.1, 0.15) is 10.7 Å². The average molecular weight is 398 g/mol. The molecule has 3 aromatic rings. The van der Waals surface area contributed by atoms with E-state index in [0.29, 0.717) is 11.4 Å². The summed E-state index contributed by atoms with van der Waals surface area (Å²) >= 11 is 2.73. The highest BCUT2D eigenvalue weighted by molar-refractivity contribution is 8.00. The van der Waals surface area contributed by atoms with Gasteiger partial charge in [0.15, 0.2) is 0 Å². The number of aryl methyl sites for hydroxylation is 2. The predicted octanol–water partition coefficient (Wildman–Crippen LogP) is 4.26. The normalized spacial score (nSPS) is 10.6. The number of rotatable bonds is 6. The molecule has 0 bridgehead atoms. The lowest BCUT2D eigenvalue weighted by Gasteiger charge is -2.09. The Kier molecular flexibility index (Phi) is 5.93. The van der Waals surface area contributed by atoms with Crippen molar-refractivity contribution >= 4 is 40.6 Å². The van der Waals surface area contributed by atoms with Crippen molar-refractivity contribution in [3.8, 4) is 10.6 Å². The van der Waals surface area contributed by atoms with Gasteiger partial charge >= 0.3 is 0 Å². The first kappa shape index (κ1) is 19.1. The van der Waals surface area contributed by atoms with Crippen molar-refractivity contribution in [2.75, 3.05) is 11.1 Å². The number of carbonyl (C=O) groups is 2. The molecule has 0 aliphatic rings. The van der Waals surface area contributed by atoms with Crippen LogP contribution in [0.3, 0.4) is 0 Å². The Morgan fingerprint density at radius 2 is 1.96 bits per heavy atom. The minimum absolute atomic E-state index is 0.153. The van der Waals surface area contributed by atoms with E-state index in [-0.39, 0.29) is 11.7 Å². The molecule has 5 nitrogen and oxygen atoms in total. The summed E-state index contributed by atoms with van der Waals surface area (Å²) in [6.45, 7) is 4.08. The van der Waals surface area contributed by atoms with E-state index in [1.807, 2.05) is 44.2 Å². The van der Waals surface area contributed by atoms with Crippen LogP contribution in [0, 0.1) is 13.8 Å². The molecule has 2 amide bonds. The number of benzene rings is 2. The van der Waals surface area contributed by atoms with E-state index in [1.54, 1.807) is 11.4 Å². The zero-order chi connectivity index (χ0) is 19.4.